The number of anilines is 1. The van der Waals surface area contributed by atoms with Gasteiger partial charge in [0.15, 0.2) is 0 Å². The number of sulfonamides is 1. The van der Waals surface area contributed by atoms with Crippen LogP contribution in [0.1, 0.15) is 5.56 Å². The Balaban J connectivity index is 2.14. The lowest BCUT2D eigenvalue weighted by molar-refractivity contribution is 0.388. The monoisotopic (exact) mass is 366 g/mol. The summed E-state index contributed by atoms with van der Waals surface area (Å²) < 4.78 is 24.5. The fourth-order valence-electron chi connectivity index (χ4n) is 2.23. The van der Waals surface area contributed by atoms with Crippen LogP contribution in [0.3, 0.4) is 0 Å². The normalized spacial score (nSPS) is 17.7. The molecule has 1 aromatic carbocycles. The highest BCUT2D eigenvalue weighted by Gasteiger charge is 2.24. The summed E-state index contributed by atoms with van der Waals surface area (Å²) in [6.07, 6.45) is 1.26. The minimum Gasteiger partial charge on any atom is -0.369 e. The van der Waals surface area contributed by atoms with Gasteiger partial charge in [-0.05, 0) is 23.8 Å². The molecule has 0 amide bonds. The molecule has 0 radical (unpaired) electrons. The van der Waals surface area contributed by atoms with Crippen molar-refractivity contribution in [2.45, 2.75) is 5.33 Å². The first-order valence-electron chi connectivity index (χ1n) is 5.96. The van der Waals surface area contributed by atoms with Crippen LogP contribution in [0, 0.1) is 0 Å². The second-order valence-electron chi connectivity index (χ2n) is 4.56. The SMILES string of the molecule is CS(=O)(=O)N1CCN(c2ccc(Cl)cc2CBr)CC1. The van der Waals surface area contributed by atoms with Gasteiger partial charge < -0.3 is 4.90 Å². The van der Waals surface area contributed by atoms with E-state index in [1.165, 1.54) is 10.6 Å². The van der Waals surface area contributed by atoms with Gasteiger partial charge in [0.25, 0.3) is 0 Å². The Kier molecular flexibility index (Phi) is 4.76. The average Bonchev–Trinajstić information content (AvgIpc) is 2.37. The Morgan fingerprint density at radius 3 is 2.42 bits per heavy atom. The molecule has 0 aromatic heterocycles. The van der Waals surface area contributed by atoms with Crippen LogP contribution in [0.4, 0.5) is 5.69 Å². The van der Waals surface area contributed by atoms with Gasteiger partial charge in [0.2, 0.25) is 10.0 Å². The van der Waals surface area contributed by atoms with Crippen molar-refractivity contribution in [2.75, 3.05) is 37.3 Å². The maximum atomic E-state index is 11.5. The van der Waals surface area contributed by atoms with E-state index in [9.17, 15) is 8.42 Å². The van der Waals surface area contributed by atoms with Gasteiger partial charge in [-0.3, -0.25) is 0 Å². The molecule has 0 atom stereocenters. The minimum atomic E-state index is -3.08. The van der Waals surface area contributed by atoms with Gasteiger partial charge in [-0.1, -0.05) is 27.5 Å². The summed E-state index contributed by atoms with van der Waals surface area (Å²) in [6.45, 7) is 2.47. The number of rotatable bonds is 3. The van der Waals surface area contributed by atoms with E-state index in [0.29, 0.717) is 31.2 Å². The van der Waals surface area contributed by atoms with Crippen LogP contribution >= 0.6 is 27.5 Å². The summed E-state index contributed by atoms with van der Waals surface area (Å²) in [5, 5.41) is 1.45. The first-order chi connectivity index (χ1) is 8.91. The Bertz CT molecular complexity index is 557. The van der Waals surface area contributed by atoms with E-state index in [2.05, 4.69) is 20.8 Å². The van der Waals surface area contributed by atoms with Crippen molar-refractivity contribution in [3.05, 3.63) is 28.8 Å². The zero-order chi connectivity index (χ0) is 14.0. The molecule has 1 heterocycles. The summed E-state index contributed by atoms with van der Waals surface area (Å²) in [6, 6.07) is 5.80. The van der Waals surface area contributed by atoms with Gasteiger partial charge in [0, 0.05) is 42.2 Å². The van der Waals surface area contributed by atoms with E-state index in [4.69, 9.17) is 11.6 Å². The number of hydrogen-bond donors (Lipinski definition) is 0. The van der Waals surface area contributed by atoms with E-state index in [-0.39, 0.29) is 0 Å². The van der Waals surface area contributed by atoms with Crippen LogP contribution in [-0.4, -0.2) is 45.2 Å². The summed E-state index contributed by atoms with van der Waals surface area (Å²) in [5.74, 6) is 0. The molecule has 1 aliphatic heterocycles. The van der Waals surface area contributed by atoms with Crippen LogP contribution in [0.15, 0.2) is 18.2 Å². The van der Waals surface area contributed by atoms with E-state index in [1.807, 2.05) is 18.2 Å². The third-order valence-corrected chi connectivity index (χ3v) is 5.38. The fraction of sp³-hybridized carbons (Fsp3) is 0.500. The molecular weight excluding hydrogens is 352 g/mol. The average molecular weight is 368 g/mol. The molecule has 1 saturated heterocycles. The number of benzene rings is 1. The highest BCUT2D eigenvalue weighted by molar-refractivity contribution is 9.08. The summed E-state index contributed by atoms with van der Waals surface area (Å²) in [4.78, 5) is 2.20. The lowest BCUT2D eigenvalue weighted by Gasteiger charge is -2.35. The zero-order valence-electron chi connectivity index (χ0n) is 10.6. The minimum absolute atomic E-state index is 0.531. The molecule has 0 aliphatic carbocycles. The topological polar surface area (TPSA) is 40.6 Å². The number of nitrogens with zero attached hydrogens (tertiary/aromatic N) is 2. The third kappa shape index (κ3) is 3.62. The molecule has 1 aromatic rings. The van der Waals surface area contributed by atoms with Gasteiger partial charge in [-0.15, -0.1) is 0 Å². The van der Waals surface area contributed by atoms with Crippen molar-refractivity contribution in [3.8, 4) is 0 Å². The first-order valence-corrected chi connectivity index (χ1v) is 9.31. The van der Waals surface area contributed by atoms with Crippen LogP contribution in [-0.2, 0) is 15.4 Å². The third-order valence-electron chi connectivity index (χ3n) is 3.23. The highest BCUT2D eigenvalue weighted by atomic mass is 79.9. The second kappa shape index (κ2) is 5.99. The van der Waals surface area contributed by atoms with Gasteiger partial charge in [0.1, 0.15) is 0 Å². The summed E-state index contributed by atoms with van der Waals surface area (Å²) in [7, 11) is -3.08. The largest absolute Gasteiger partial charge is 0.369 e. The quantitative estimate of drug-likeness (QED) is 0.770. The first kappa shape index (κ1) is 15.1. The van der Waals surface area contributed by atoms with E-state index < -0.39 is 10.0 Å². The Morgan fingerprint density at radius 2 is 1.89 bits per heavy atom. The van der Waals surface area contributed by atoms with Gasteiger partial charge in [0.05, 0.1) is 6.26 Å². The molecular formula is C12H16BrClN2O2S. The van der Waals surface area contributed by atoms with Crippen molar-refractivity contribution in [3.63, 3.8) is 0 Å². The van der Waals surface area contributed by atoms with E-state index in [0.717, 1.165) is 16.6 Å². The highest BCUT2D eigenvalue weighted by Crippen LogP contribution is 2.27. The van der Waals surface area contributed by atoms with Crippen molar-refractivity contribution < 1.29 is 8.42 Å². The van der Waals surface area contributed by atoms with E-state index in [1.54, 1.807) is 0 Å². The van der Waals surface area contributed by atoms with Crippen molar-refractivity contribution in [1.82, 2.24) is 4.31 Å². The van der Waals surface area contributed by atoms with Crippen LogP contribution < -0.4 is 4.90 Å². The molecule has 0 bridgehead atoms. The number of piperazine rings is 1. The number of alkyl halides is 1. The molecule has 2 rings (SSSR count). The smallest absolute Gasteiger partial charge is 0.211 e. The lowest BCUT2D eigenvalue weighted by atomic mass is 10.1. The van der Waals surface area contributed by atoms with E-state index >= 15 is 0 Å². The van der Waals surface area contributed by atoms with Crippen LogP contribution in [0.25, 0.3) is 0 Å². The molecule has 1 aliphatic rings. The molecule has 0 saturated carbocycles. The predicted molar refractivity (Wildman–Crippen MR) is 82.7 cm³/mol. The molecule has 4 nitrogen and oxygen atoms in total. The van der Waals surface area contributed by atoms with Gasteiger partial charge in [-0.25, -0.2) is 8.42 Å². The van der Waals surface area contributed by atoms with Gasteiger partial charge >= 0.3 is 0 Å². The molecule has 0 N–H and O–H groups in total. The number of halogens is 2. The van der Waals surface area contributed by atoms with Crippen molar-refractivity contribution in [1.29, 1.82) is 0 Å². The molecule has 1 fully saturated rings. The van der Waals surface area contributed by atoms with Crippen molar-refractivity contribution >= 4 is 43.2 Å². The van der Waals surface area contributed by atoms with Crippen LogP contribution in [0.5, 0.6) is 0 Å². The summed E-state index contributed by atoms with van der Waals surface area (Å²) in [5.41, 5.74) is 2.25. The Hall–Kier alpha value is -0.300. The number of hydrogen-bond acceptors (Lipinski definition) is 3. The molecule has 0 spiro atoms. The zero-order valence-corrected chi connectivity index (χ0v) is 13.8. The predicted octanol–water partition coefficient (Wildman–Crippen LogP) is 2.32. The second-order valence-corrected chi connectivity index (χ2v) is 7.54. The summed E-state index contributed by atoms with van der Waals surface area (Å²) >= 11 is 9.45. The maximum absolute atomic E-state index is 11.5. The lowest BCUT2D eigenvalue weighted by Crippen LogP contribution is -2.48. The Morgan fingerprint density at radius 1 is 1.26 bits per heavy atom. The molecule has 7 heteroatoms. The molecule has 106 valence electrons. The van der Waals surface area contributed by atoms with Gasteiger partial charge in [-0.2, -0.15) is 4.31 Å². The Labute approximate surface area is 127 Å². The maximum Gasteiger partial charge on any atom is 0.211 e. The molecule has 0 unspecified atom stereocenters. The molecule has 19 heavy (non-hydrogen) atoms. The standard InChI is InChI=1S/C12H16BrClN2O2S/c1-19(17,18)16-6-4-15(5-7-16)12-3-2-11(14)8-10(12)9-13/h2-3,8H,4-7,9H2,1H3. The van der Waals surface area contributed by atoms with Crippen molar-refractivity contribution in [2.24, 2.45) is 0 Å². The fourth-order valence-corrected chi connectivity index (χ4v) is 3.70. The van der Waals surface area contributed by atoms with Crippen LogP contribution in [0.2, 0.25) is 5.02 Å².